The second kappa shape index (κ2) is 6.65. The van der Waals surface area contributed by atoms with Crippen LogP contribution in [0.5, 0.6) is 0 Å². The Balaban J connectivity index is 3.13. The molecule has 0 aromatic heterocycles. The zero-order valence-corrected chi connectivity index (χ0v) is 11.9. The smallest absolute Gasteiger partial charge is 0.399 e. The summed E-state index contributed by atoms with van der Waals surface area (Å²) in [5.41, 5.74) is 3.85. The number of rotatable bonds is 6. The minimum atomic E-state index is -4.73. The lowest BCUT2D eigenvalue weighted by molar-refractivity contribution is -0.181. The molecular weight excluding hydrogens is 307 g/mol. The lowest BCUT2D eigenvalue weighted by Gasteiger charge is -2.34. The van der Waals surface area contributed by atoms with Crippen LogP contribution in [0.15, 0.2) is 24.3 Å². The Morgan fingerprint density at radius 1 is 1.38 bits per heavy atom. The highest BCUT2D eigenvalue weighted by molar-refractivity contribution is 7.80. The van der Waals surface area contributed by atoms with Crippen LogP contribution in [-0.2, 0) is 9.59 Å². The fourth-order valence-corrected chi connectivity index (χ4v) is 2.63. The first-order chi connectivity index (χ1) is 9.64. The van der Waals surface area contributed by atoms with Gasteiger partial charge in [0.05, 0.1) is 5.41 Å². The molecule has 0 radical (unpaired) electrons. The molecule has 0 aliphatic heterocycles. The van der Waals surface area contributed by atoms with Gasteiger partial charge in [-0.2, -0.15) is 25.8 Å². The van der Waals surface area contributed by atoms with Gasteiger partial charge in [0.1, 0.15) is 12.0 Å². The van der Waals surface area contributed by atoms with Crippen molar-refractivity contribution in [1.82, 2.24) is 0 Å². The molecule has 118 valence electrons. The Kier molecular flexibility index (Phi) is 5.63. The first-order valence-electron chi connectivity index (χ1n) is 6.18. The number of alkyl halides is 3. The van der Waals surface area contributed by atoms with Gasteiger partial charge in [0.15, 0.2) is 5.78 Å². The first kappa shape index (κ1) is 17.8. The normalized spacial score (nSPS) is 24.6. The fraction of sp³-hybridized carbons (Fsp3) is 0.538. The molecule has 0 bridgehead atoms. The number of hydrogen-bond acceptors (Lipinski definition) is 4. The average molecular weight is 323 g/mol. The summed E-state index contributed by atoms with van der Waals surface area (Å²) in [5, 5.41) is 8.85. The average Bonchev–Trinajstić information content (AvgIpc) is 2.38. The standard InChI is InChI=1S/C13H16F3NO3S/c14-13(15,16)8(7-21)10(18)12(4-2-1-3-5-12)6-9(17)11(19)20/h1-4,8-9,21H,5-7,17H2,(H,19,20)/t8?,9-,12?/m0/s1. The van der Waals surface area contributed by atoms with E-state index in [1.165, 1.54) is 18.2 Å². The Bertz CT molecular complexity index is 476. The van der Waals surface area contributed by atoms with Crippen LogP contribution in [0.25, 0.3) is 0 Å². The van der Waals surface area contributed by atoms with E-state index in [-0.39, 0.29) is 12.8 Å². The van der Waals surface area contributed by atoms with Crippen molar-refractivity contribution in [3.63, 3.8) is 0 Å². The van der Waals surface area contributed by atoms with E-state index >= 15 is 0 Å². The molecule has 0 heterocycles. The number of Topliss-reactive ketones (excluding diaryl/α,β-unsaturated/α-hetero) is 1. The number of halogens is 3. The highest BCUT2D eigenvalue weighted by Gasteiger charge is 2.51. The van der Waals surface area contributed by atoms with Crippen molar-refractivity contribution in [2.45, 2.75) is 25.1 Å². The van der Waals surface area contributed by atoms with Crippen molar-refractivity contribution in [3.8, 4) is 0 Å². The van der Waals surface area contributed by atoms with Gasteiger partial charge in [-0.3, -0.25) is 9.59 Å². The predicted molar refractivity (Wildman–Crippen MR) is 74.0 cm³/mol. The number of carbonyl (C=O) groups is 2. The monoisotopic (exact) mass is 323 g/mol. The SMILES string of the molecule is N[C@@H](CC1(C(=O)C(CS)C(F)(F)F)C=CC=CC1)C(=O)O. The number of hydrogen-bond donors (Lipinski definition) is 3. The third-order valence-corrected chi connectivity index (χ3v) is 3.80. The van der Waals surface area contributed by atoms with Crippen LogP contribution in [0.3, 0.4) is 0 Å². The second-order valence-corrected chi connectivity index (χ2v) is 5.30. The van der Waals surface area contributed by atoms with Crippen LogP contribution in [0, 0.1) is 11.3 Å². The molecule has 1 aliphatic carbocycles. The summed E-state index contributed by atoms with van der Waals surface area (Å²) in [6, 6.07) is -1.42. The maximum absolute atomic E-state index is 12.9. The molecule has 1 rings (SSSR count). The van der Waals surface area contributed by atoms with Crippen LogP contribution in [0.1, 0.15) is 12.8 Å². The molecule has 4 nitrogen and oxygen atoms in total. The second-order valence-electron chi connectivity index (χ2n) is 4.94. The number of thiol groups is 1. The van der Waals surface area contributed by atoms with Crippen LogP contribution in [0.2, 0.25) is 0 Å². The molecule has 8 heteroatoms. The van der Waals surface area contributed by atoms with E-state index in [1.807, 2.05) is 0 Å². The van der Waals surface area contributed by atoms with E-state index in [4.69, 9.17) is 10.8 Å². The molecule has 2 unspecified atom stereocenters. The third-order valence-electron chi connectivity index (χ3n) is 3.43. The summed E-state index contributed by atoms with van der Waals surface area (Å²) in [4.78, 5) is 23.2. The van der Waals surface area contributed by atoms with Crippen LogP contribution >= 0.6 is 12.6 Å². The number of aliphatic carboxylic acids is 1. The van der Waals surface area contributed by atoms with Crippen LogP contribution in [-0.4, -0.2) is 34.8 Å². The number of carboxylic acids is 1. The summed E-state index contributed by atoms with van der Waals surface area (Å²) in [5.74, 6) is -5.40. The van der Waals surface area contributed by atoms with Gasteiger partial charge in [0.2, 0.25) is 0 Å². The lowest BCUT2D eigenvalue weighted by Crippen LogP contribution is -2.47. The number of nitrogens with two attached hydrogens (primary N) is 1. The molecule has 0 saturated heterocycles. The first-order valence-corrected chi connectivity index (χ1v) is 6.82. The lowest BCUT2D eigenvalue weighted by atomic mass is 9.70. The van der Waals surface area contributed by atoms with Gasteiger partial charge in [0, 0.05) is 5.75 Å². The van der Waals surface area contributed by atoms with Crippen molar-refractivity contribution in [3.05, 3.63) is 24.3 Å². The molecule has 0 aromatic rings. The van der Waals surface area contributed by atoms with Crippen molar-refractivity contribution in [1.29, 1.82) is 0 Å². The maximum atomic E-state index is 12.9. The summed E-state index contributed by atoms with van der Waals surface area (Å²) >= 11 is 3.61. The molecule has 0 fully saturated rings. The minimum Gasteiger partial charge on any atom is -0.480 e. The Morgan fingerprint density at radius 2 is 2.00 bits per heavy atom. The molecule has 3 N–H and O–H groups in total. The third kappa shape index (κ3) is 4.10. The zero-order chi connectivity index (χ0) is 16.3. The quantitative estimate of drug-likeness (QED) is 0.653. The number of carboxylic acid groups (broad SMARTS) is 1. The van der Waals surface area contributed by atoms with E-state index in [0.717, 1.165) is 0 Å². The van der Waals surface area contributed by atoms with Crippen molar-refractivity contribution in [2.24, 2.45) is 17.1 Å². The van der Waals surface area contributed by atoms with E-state index < -0.39 is 41.1 Å². The van der Waals surface area contributed by atoms with Crippen molar-refractivity contribution in [2.75, 3.05) is 5.75 Å². The Labute approximate surface area is 125 Å². The maximum Gasteiger partial charge on any atom is 0.399 e. The Hall–Kier alpha value is -1.28. The zero-order valence-electron chi connectivity index (χ0n) is 11.0. The highest BCUT2D eigenvalue weighted by Crippen LogP contribution is 2.41. The molecular formula is C13H16F3NO3S. The van der Waals surface area contributed by atoms with Crippen molar-refractivity contribution >= 4 is 24.4 Å². The number of ketones is 1. The molecule has 3 atom stereocenters. The molecule has 0 aromatic carbocycles. The van der Waals surface area contributed by atoms with Crippen LogP contribution < -0.4 is 5.73 Å². The van der Waals surface area contributed by atoms with E-state index in [2.05, 4.69) is 12.6 Å². The van der Waals surface area contributed by atoms with Gasteiger partial charge in [-0.05, 0) is 12.8 Å². The highest BCUT2D eigenvalue weighted by atomic mass is 32.1. The molecule has 0 saturated carbocycles. The summed E-state index contributed by atoms with van der Waals surface area (Å²) < 4.78 is 38.8. The molecule has 0 spiro atoms. The van der Waals surface area contributed by atoms with Gasteiger partial charge in [-0.15, -0.1) is 0 Å². The number of carbonyl (C=O) groups excluding carboxylic acids is 1. The summed E-state index contributed by atoms with van der Waals surface area (Å²) in [6.07, 6.45) is 0.724. The van der Waals surface area contributed by atoms with Gasteiger partial charge in [-0.25, -0.2) is 0 Å². The molecule has 21 heavy (non-hydrogen) atoms. The van der Waals surface area contributed by atoms with Gasteiger partial charge in [0.25, 0.3) is 0 Å². The van der Waals surface area contributed by atoms with Crippen molar-refractivity contribution < 1.29 is 27.9 Å². The summed E-state index contributed by atoms with van der Waals surface area (Å²) in [6.45, 7) is 0. The Morgan fingerprint density at radius 3 is 2.38 bits per heavy atom. The predicted octanol–water partition coefficient (Wildman–Crippen LogP) is 1.97. The fourth-order valence-electron chi connectivity index (χ4n) is 2.26. The van der Waals surface area contributed by atoms with Crippen LogP contribution in [0.4, 0.5) is 13.2 Å². The molecule has 0 amide bonds. The number of allylic oxidation sites excluding steroid dienone is 4. The topological polar surface area (TPSA) is 80.4 Å². The van der Waals surface area contributed by atoms with E-state index in [1.54, 1.807) is 6.08 Å². The van der Waals surface area contributed by atoms with E-state index in [9.17, 15) is 22.8 Å². The van der Waals surface area contributed by atoms with Gasteiger partial charge < -0.3 is 10.8 Å². The molecule has 1 aliphatic rings. The van der Waals surface area contributed by atoms with Gasteiger partial charge >= 0.3 is 12.1 Å². The minimum absolute atomic E-state index is 0.0102. The summed E-state index contributed by atoms with van der Waals surface area (Å²) in [7, 11) is 0. The largest absolute Gasteiger partial charge is 0.480 e. The van der Waals surface area contributed by atoms with E-state index in [0.29, 0.717) is 0 Å². The van der Waals surface area contributed by atoms with Gasteiger partial charge in [-0.1, -0.05) is 24.3 Å².